The summed E-state index contributed by atoms with van der Waals surface area (Å²) in [5.74, 6) is 1.82. The van der Waals surface area contributed by atoms with Crippen LogP contribution in [0.15, 0.2) is 16.7 Å². The Hall–Kier alpha value is -0.770. The molecule has 17 heavy (non-hydrogen) atoms. The lowest BCUT2D eigenvalue weighted by Crippen LogP contribution is -2.36. The Morgan fingerprint density at radius 2 is 2.24 bits per heavy atom. The standard InChI is InChI=1S/C13H20BrN3/c1-9-4-3-5-11(6-9)17(2)13-12(14)7-10(15)8-16-13/h7-9,11H,3-6,15H2,1-2H3. The Morgan fingerprint density at radius 3 is 2.88 bits per heavy atom. The van der Waals surface area contributed by atoms with Crippen LogP contribution in [0.25, 0.3) is 0 Å². The Balaban J connectivity index is 2.15. The molecule has 1 aromatic heterocycles. The highest BCUT2D eigenvalue weighted by Gasteiger charge is 2.24. The molecule has 0 saturated heterocycles. The van der Waals surface area contributed by atoms with Crippen molar-refractivity contribution in [2.24, 2.45) is 5.92 Å². The Morgan fingerprint density at radius 1 is 1.47 bits per heavy atom. The van der Waals surface area contributed by atoms with Crippen LogP contribution in [-0.4, -0.2) is 18.1 Å². The number of nitrogen functional groups attached to an aromatic ring is 1. The molecule has 0 aromatic carbocycles. The third-order valence-corrected chi connectivity index (χ3v) is 4.22. The zero-order valence-corrected chi connectivity index (χ0v) is 12.1. The summed E-state index contributed by atoms with van der Waals surface area (Å²) in [4.78, 5) is 6.72. The first-order valence-corrected chi connectivity index (χ1v) is 7.01. The van der Waals surface area contributed by atoms with Crippen LogP contribution in [-0.2, 0) is 0 Å². The smallest absolute Gasteiger partial charge is 0.143 e. The summed E-state index contributed by atoms with van der Waals surface area (Å²) in [6.07, 6.45) is 6.93. The molecule has 1 fully saturated rings. The van der Waals surface area contributed by atoms with Gasteiger partial charge in [0.05, 0.1) is 16.4 Å². The van der Waals surface area contributed by atoms with Gasteiger partial charge in [-0.05, 0) is 40.8 Å². The van der Waals surface area contributed by atoms with Crippen LogP contribution in [0.2, 0.25) is 0 Å². The highest BCUT2D eigenvalue weighted by Crippen LogP contribution is 2.32. The molecule has 2 rings (SSSR count). The fraction of sp³-hybridized carbons (Fsp3) is 0.615. The summed E-state index contributed by atoms with van der Waals surface area (Å²) < 4.78 is 0.984. The highest BCUT2D eigenvalue weighted by atomic mass is 79.9. The number of hydrogen-bond acceptors (Lipinski definition) is 3. The van der Waals surface area contributed by atoms with Crippen molar-refractivity contribution in [2.45, 2.75) is 38.6 Å². The summed E-state index contributed by atoms with van der Waals surface area (Å²) in [7, 11) is 2.13. The first-order chi connectivity index (χ1) is 8.08. The van der Waals surface area contributed by atoms with Crippen LogP contribution in [0.4, 0.5) is 11.5 Å². The van der Waals surface area contributed by atoms with E-state index in [-0.39, 0.29) is 0 Å². The molecule has 2 atom stereocenters. The summed E-state index contributed by atoms with van der Waals surface area (Å²) in [6.45, 7) is 2.34. The van der Waals surface area contributed by atoms with Crippen molar-refractivity contribution >= 4 is 27.4 Å². The maximum absolute atomic E-state index is 5.72. The molecule has 2 unspecified atom stereocenters. The molecule has 1 saturated carbocycles. The molecule has 0 aliphatic heterocycles. The van der Waals surface area contributed by atoms with Gasteiger partial charge < -0.3 is 10.6 Å². The fourth-order valence-corrected chi connectivity index (χ4v) is 3.28. The summed E-state index contributed by atoms with van der Waals surface area (Å²) in [5, 5.41) is 0. The predicted octanol–water partition coefficient (Wildman–Crippen LogP) is 3.44. The SMILES string of the molecule is CC1CCCC(N(C)c2ncc(N)cc2Br)C1. The lowest BCUT2D eigenvalue weighted by molar-refractivity contribution is 0.335. The summed E-state index contributed by atoms with van der Waals surface area (Å²) in [5.41, 5.74) is 6.42. The molecule has 94 valence electrons. The van der Waals surface area contributed by atoms with Gasteiger partial charge in [0.2, 0.25) is 0 Å². The third-order valence-electron chi connectivity index (χ3n) is 3.63. The number of halogens is 1. The number of pyridine rings is 1. The first-order valence-electron chi connectivity index (χ1n) is 6.21. The number of hydrogen-bond donors (Lipinski definition) is 1. The largest absolute Gasteiger partial charge is 0.397 e. The minimum atomic E-state index is 0.603. The molecular formula is C13H20BrN3. The number of nitrogens with two attached hydrogens (primary N) is 1. The van der Waals surface area contributed by atoms with Gasteiger partial charge in [0.1, 0.15) is 5.82 Å². The monoisotopic (exact) mass is 297 g/mol. The van der Waals surface area contributed by atoms with E-state index in [0.717, 1.165) is 16.2 Å². The number of anilines is 2. The maximum Gasteiger partial charge on any atom is 0.143 e. The van der Waals surface area contributed by atoms with Crippen LogP contribution in [0.3, 0.4) is 0 Å². The van der Waals surface area contributed by atoms with E-state index in [2.05, 4.69) is 39.8 Å². The molecule has 2 N–H and O–H groups in total. The normalized spacial score (nSPS) is 24.6. The van der Waals surface area contributed by atoms with Crippen molar-refractivity contribution in [3.63, 3.8) is 0 Å². The van der Waals surface area contributed by atoms with E-state index in [9.17, 15) is 0 Å². The second-order valence-electron chi connectivity index (χ2n) is 5.11. The van der Waals surface area contributed by atoms with Gasteiger partial charge in [0.15, 0.2) is 0 Å². The van der Waals surface area contributed by atoms with Crippen LogP contribution in [0.5, 0.6) is 0 Å². The number of nitrogens with zero attached hydrogens (tertiary/aromatic N) is 2. The lowest BCUT2D eigenvalue weighted by atomic mass is 9.86. The minimum absolute atomic E-state index is 0.603. The quantitative estimate of drug-likeness (QED) is 0.909. The minimum Gasteiger partial charge on any atom is -0.397 e. The van der Waals surface area contributed by atoms with Crippen LogP contribution in [0, 0.1) is 5.92 Å². The topological polar surface area (TPSA) is 42.2 Å². The Labute approximate surface area is 112 Å². The summed E-state index contributed by atoms with van der Waals surface area (Å²) >= 11 is 3.55. The molecule has 0 bridgehead atoms. The lowest BCUT2D eigenvalue weighted by Gasteiger charge is -2.35. The number of rotatable bonds is 2. The van der Waals surface area contributed by atoms with Crippen LogP contribution in [0.1, 0.15) is 32.6 Å². The maximum atomic E-state index is 5.72. The van der Waals surface area contributed by atoms with Gasteiger partial charge in [-0.2, -0.15) is 0 Å². The number of aromatic nitrogens is 1. The van der Waals surface area contributed by atoms with Gasteiger partial charge in [0.25, 0.3) is 0 Å². The molecule has 0 radical (unpaired) electrons. The molecule has 1 aliphatic rings. The fourth-order valence-electron chi connectivity index (χ4n) is 2.63. The van der Waals surface area contributed by atoms with E-state index >= 15 is 0 Å². The van der Waals surface area contributed by atoms with Gasteiger partial charge in [-0.3, -0.25) is 0 Å². The zero-order valence-electron chi connectivity index (χ0n) is 10.5. The average Bonchev–Trinajstić information content (AvgIpc) is 2.28. The first kappa shape index (κ1) is 12.7. The van der Waals surface area contributed by atoms with E-state index < -0.39 is 0 Å². The van der Waals surface area contributed by atoms with E-state index in [4.69, 9.17) is 5.73 Å². The zero-order chi connectivity index (χ0) is 12.4. The van der Waals surface area contributed by atoms with E-state index in [1.54, 1.807) is 6.20 Å². The second kappa shape index (κ2) is 5.25. The average molecular weight is 298 g/mol. The predicted molar refractivity (Wildman–Crippen MR) is 76.2 cm³/mol. The molecular weight excluding hydrogens is 278 g/mol. The van der Waals surface area contributed by atoms with Crippen molar-refractivity contribution in [2.75, 3.05) is 17.7 Å². The van der Waals surface area contributed by atoms with Gasteiger partial charge in [0, 0.05) is 13.1 Å². The van der Waals surface area contributed by atoms with Crippen LogP contribution < -0.4 is 10.6 Å². The van der Waals surface area contributed by atoms with Crippen molar-refractivity contribution in [1.82, 2.24) is 4.98 Å². The van der Waals surface area contributed by atoms with Crippen molar-refractivity contribution in [3.05, 3.63) is 16.7 Å². The highest BCUT2D eigenvalue weighted by molar-refractivity contribution is 9.10. The molecule has 0 amide bonds. The molecule has 1 aliphatic carbocycles. The van der Waals surface area contributed by atoms with Crippen molar-refractivity contribution < 1.29 is 0 Å². The van der Waals surface area contributed by atoms with E-state index in [1.807, 2.05) is 6.07 Å². The molecule has 4 heteroatoms. The molecule has 0 spiro atoms. The third kappa shape index (κ3) is 2.92. The van der Waals surface area contributed by atoms with Crippen LogP contribution >= 0.6 is 15.9 Å². The van der Waals surface area contributed by atoms with Crippen molar-refractivity contribution in [3.8, 4) is 0 Å². The molecule has 1 aromatic rings. The van der Waals surface area contributed by atoms with Gasteiger partial charge in [-0.25, -0.2) is 4.98 Å². The molecule has 1 heterocycles. The van der Waals surface area contributed by atoms with E-state index in [1.165, 1.54) is 25.7 Å². The second-order valence-corrected chi connectivity index (χ2v) is 5.96. The van der Waals surface area contributed by atoms with Gasteiger partial charge in [-0.15, -0.1) is 0 Å². The Bertz CT molecular complexity index is 394. The Kier molecular flexibility index (Phi) is 3.92. The van der Waals surface area contributed by atoms with Crippen molar-refractivity contribution in [1.29, 1.82) is 0 Å². The summed E-state index contributed by atoms with van der Waals surface area (Å²) in [6, 6.07) is 2.52. The van der Waals surface area contributed by atoms with E-state index in [0.29, 0.717) is 11.7 Å². The van der Waals surface area contributed by atoms with Gasteiger partial charge in [-0.1, -0.05) is 19.8 Å². The van der Waals surface area contributed by atoms with Gasteiger partial charge >= 0.3 is 0 Å². The molecule has 3 nitrogen and oxygen atoms in total.